The molecule has 0 N–H and O–H groups in total. The van der Waals surface area contributed by atoms with E-state index in [1.807, 2.05) is 4.57 Å². The van der Waals surface area contributed by atoms with Gasteiger partial charge in [0.2, 0.25) is 11.6 Å². The number of aromatic nitrogens is 2. The predicted molar refractivity (Wildman–Crippen MR) is 40.5 cm³/mol. The van der Waals surface area contributed by atoms with Crippen LogP contribution in [0.3, 0.4) is 0 Å². The van der Waals surface area contributed by atoms with Gasteiger partial charge in [-0.05, 0) is 0 Å². The molecule has 12 heavy (non-hydrogen) atoms. The van der Waals surface area contributed by atoms with Crippen LogP contribution < -0.4 is 0 Å². The Balaban J connectivity index is 2.19. The van der Waals surface area contributed by atoms with Crippen LogP contribution in [0, 0.1) is 0 Å². The van der Waals surface area contributed by atoms with Gasteiger partial charge in [-0.3, -0.25) is 9.59 Å². The maximum Gasteiger partial charge on any atom is 0.200 e. The molecule has 0 unspecified atom stereocenters. The van der Waals surface area contributed by atoms with Crippen LogP contribution in [0.15, 0.2) is 18.7 Å². The molecule has 62 valence electrons. The molecule has 1 fully saturated rings. The molecule has 0 spiro atoms. The van der Waals surface area contributed by atoms with Crippen LogP contribution in [0.5, 0.6) is 0 Å². The molecular weight excluding hydrogens is 156 g/mol. The first-order valence-electron chi connectivity index (χ1n) is 3.81. The van der Waals surface area contributed by atoms with Crippen molar-refractivity contribution in [1.29, 1.82) is 0 Å². The minimum Gasteiger partial charge on any atom is -0.334 e. The lowest BCUT2D eigenvalue weighted by atomic mass is 10.2. The van der Waals surface area contributed by atoms with Crippen molar-refractivity contribution in [3.8, 4) is 0 Å². The molecule has 1 aliphatic rings. The Hall–Kier alpha value is -1.45. The third-order valence-electron chi connectivity index (χ3n) is 2.10. The first-order valence-corrected chi connectivity index (χ1v) is 3.81. The monoisotopic (exact) mass is 164 g/mol. The van der Waals surface area contributed by atoms with Crippen molar-refractivity contribution in [2.45, 2.75) is 18.9 Å². The maximum absolute atomic E-state index is 10.9. The van der Waals surface area contributed by atoms with Crippen LogP contribution in [0.2, 0.25) is 0 Å². The van der Waals surface area contributed by atoms with Gasteiger partial charge < -0.3 is 4.57 Å². The van der Waals surface area contributed by atoms with E-state index in [0.717, 1.165) is 0 Å². The average Bonchev–Trinajstić information content (AvgIpc) is 2.61. The van der Waals surface area contributed by atoms with Gasteiger partial charge in [-0.15, -0.1) is 0 Å². The molecule has 1 aromatic heterocycles. The van der Waals surface area contributed by atoms with Crippen molar-refractivity contribution in [2.24, 2.45) is 0 Å². The third-order valence-corrected chi connectivity index (χ3v) is 2.10. The lowest BCUT2D eigenvalue weighted by Gasteiger charge is -2.06. The molecular formula is C8H8N2O2. The van der Waals surface area contributed by atoms with Gasteiger partial charge in [0.25, 0.3) is 0 Å². The minimum absolute atomic E-state index is 0.00694. The van der Waals surface area contributed by atoms with Gasteiger partial charge in [0.05, 0.1) is 6.33 Å². The molecule has 0 aliphatic heterocycles. The number of hydrogen-bond acceptors (Lipinski definition) is 3. The summed E-state index contributed by atoms with van der Waals surface area (Å²) >= 11 is 0. The van der Waals surface area contributed by atoms with Gasteiger partial charge in [-0.2, -0.15) is 0 Å². The number of nitrogens with zero attached hydrogens (tertiary/aromatic N) is 2. The van der Waals surface area contributed by atoms with Crippen molar-refractivity contribution < 1.29 is 9.59 Å². The summed E-state index contributed by atoms with van der Waals surface area (Å²) in [6.07, 6.45) is 5.71. The number of carbonyl (C=O) groups is 2. The van der Waals surface area contributed by atoms with E-state index < -0.39 is 0 Å². The van der Waals surface area contributed by atoms with Gasteiger partial charge in [-0.25, -0.2) is 4.98 Å². The lowest BCUT2D eigenvalue weighted by Crippen LogP contribution is -2.02. The van der Waals surface area contributed by atoms with E-state index in [4.69, 9.17) is 0 Å². The van der Waals surface area contributed by atoms with E-state index in [1.54, 1.807) is 18.7 Å². The van der Waals surface area contributed by atoms with Crippen LogP contribution >= 0.6 is 0 Å². The van der Waals surface area contributed by atoms with Gasteiger partial charge >= 0.3 is 0 Å². The Morgan fingerprint density at radius 1 is 1.33 bits per heavy atom. The molecule has 0 saturated heterocycles. The summed E-state index contributed by atoms with van der Waals surface area (Å²) in [6.45, 7) is 0. The molecule has 1 heterocycles. The Bertz CT molecular complexity index is 300. The highest BCUT2D eigenvalue weighted by molar-refractivity contribution is 6.39. The van der Waals surface area contributed by atoms with Crippen molar-refractivity contribution in [3.05, 3.63) is 18.7 Å². The molecule has 0 atom stereocenters. The number of hydrogen-bond donors (Lipinski definition) is 0. The molecule has 2 rings (SSSR count). The Morgan fingerprint density at radius 2 is 2.00 bits per heavy atom. The van der Waals surface area contributed by atoms with Crippen LogP contribution in [0.25, 0.3) is 0 Å². The van der Waals surface area contributed by atoms with Crippen molar-refractivity contribution >= 4 is 11.6 Å². The number of Topliss-reactive ketones (excluding diaryl/α,β-unsaturated/α-hetero) is 2. The predicted octanol–water partition coefficient (Wildman–Crippen LogP) is 0.356. The fraction of sp³-hybridized carbons (Fsp3) is 0.375. The van der Waals surface area contributed by atoms with E-state index in [0.29, 0.717) is 12.8 Å². The summed E-state index contributed by atoms with van der Waals surface area (Å²) in [4.78, 5) is 25.7. The number of imidazole rings is 1. The normalized spacial score (nSPS) is 19.0. The summed E-state index contributed by atoms with van der Waals surface area (Å²) in [5.41, 5.74) is 0. The lowest BCUT2D eigenvalue weighted by molar-refractivity contribution is -0.134. The summed E-state index contributed by atoms with van der Waals surface area (Å²) in [5.74, 6) is -0.512. The second kappa shape index (κ2) is 2.55. The zero-order valence-electron chi connectivity index (χ0n) is 6.43. The molecule has 1 aliphatic carbocycles. The van der Waals surface area contributed by atoms with Crippen LogP contribution in [0.1, 0.15) is 18.9 Å². The number of carbonyl (C=O) groups excluding carboxylic acids is 2. The van der Waals surface area contributed by atoms with E-state index in [-0.39, 0.29) is 17.6 Å². The fourth-order valence-electron chi connectivity index (χ4n) is 1.42. The fourth-order valence-corrected chi connectivity index (χ4v) is 1.42. The largest absolute Gasteiger partial charge is 0.334 e. The zero-order chi connectivity index (χ0) is 8.55. The molecule has 0 radical (unpaired) electrons. The summed E-state index contributed by atoms with van der Waals surface area (Å²) < 4.78 is 1.81. The Labute approximate surface area is 69.2 Å². The molecule has 0 bridgehead atoms. The topological polar surface area (TPSA) is 52.0 Å². The zero-order valence-corrected chi connectivity index (χ0v) is 6.43. The highest BCUT2D eigenvalue weighted by Crippen LogP contribution is 2.23. The van der Waals surface area contributed by atoms with Crippen LogP contribution in [-0.2, 0) is 9.59 Å². The average molecular weight is 164 g/mol. The van der Waals surface area contributed by atoms with E-state index >= 15 is 0 Å². The summed E-state index contributed by atoms with van der Waals surface area (Å²) in [7, 11) is 0. The van der Waals surface area contributed by atoms with Gasteiger partial charge in [-0.1, -0.05) is 0 Å². The smallest absolute Gasteiger partial charge is 0.200 e. The standard InChI is InChI=1S/C8H8N2O2/c11-7-3-6(4-8(7)12)10-2-1-9-5-10/h1-2,5-6H,3-4H2. The summed E-state index contributed by atoms with van der Waals surface area (Å²) in [5, 5.41) is 0. The second-order valence-corrected chi connectivity index (χ2v) is 2.92. The molecule has 4 nitrogen and oxygen atoms in total. The SMILES string of the molecule is O=C1CC(n2ccnc2)CC1=O. The number of ketones is 2. The second-order valence-electron chi connectivity index (χ2n) is 2.92. The van der Waals surface area contributed by atoms with Crippen molar-refractivity contribution in [1.82, 2.24) is 9.55 Å². The quantitative estimate of drug-likeness (QED) is 0.563. The third kappa shape index (κ3) is 1.05. The van der Waals surface area contributed by atoms with Crippen LogP contribution in [-0.4, -0.2) is 21.1 Å². The van der Waals surface area contributed by atoms with E-state index in [2.05, 4.69) is 4.98 Å². The molecule has 0 amide bonds. The first kappa shape index (κ1) is 7.21. The molecule has 4 heteroatoms. The van der Waals surface area contributed by atoms with Crippen molar-refractivity contribution in [3.63, 3.8) is 0 Å². The van der Waals surface area contributed by atoms with E-state index in [9.17, 15) is 9.59 Å². The number of rotatable bonds is 1. The van der Waals surface area contributed by atoms with Gasteiger partial charge in [0.1, 0.15) is 0 Å². The van der Waals surface area contributed by atoms with Gasteiger partial charge in [0.15, 0.2) is 0 Å². The minimum atomic E-state index is -0.256. The van der Waals surface area contributed by atoms with E-state index in [1.165, 1.54) is 0 Å². The maximum atomic E-state index is 10.9. The first-order chi connectivity index (χ1) is 5.77. The summed E-state index contributed by atoms with van der Waals surface area (Å²) in [6, 6.07) is 0.00694. The Morgan fingerprint density at radius 3 is 2.50 bits per heavy atom. The molecule has 1 saturated carbocycles. The molecule has 0 aromatic carbocycles. The van der Waals surface area contributed by atoms with Gasteiger partial charge in [0, 0.05) is 31.3 Å². The van der Waals surface area contributed by atoms with Crippen molar-refractivity contribution in [2.75, 3.05) is 0 Å². The Kier molecular flexibility index (Phi) is 1.53. The highest BCUT2D eigenvalue weighted by Gasteiger charge is 2.30. The van der Waals surface area contributed by atoms with Crippen LogP contribution in [0.4, 0.5) is 0 Å². The highest BCUT2D eigenvalue weighted by atomic mass is 16.2. The molecule has 1 aromatic rings.